The van der Waals surface area contributed by atoms with Crippen LogP contribution in [0.4, 0.5) is 0 Å². The molecule has 0 aliphatic carbocycles. The number of ether oxygens (including phenoxy) is 1. The number of hydrogen-bond acceptors (Lipinski definition) is 3. The predicted octanol–water partition coefficient (Wildman–Crippen LogP) is 4.12. The maximum atomic E-state index is 12.7. The summed E-state index contributed by atoms with van der Waals surface area (Å²) in [6, 6.07) is 12.8. The molecule has 0 radical (unpaired) electrons. The van der Waals surface area contributed by atoms with Crippen LogP contribution in [0.1, 0.15) is 53.4 Å². The second-order valence-corrected chi connectivity index (χ2v) is 7.95. The van der Waals surface area contributed by atoms with Crippen LogP contribution in [0, 0.1) is 13.8 Å². The maximum Gasteiger partial charge on any atom is 0.328 e. The van der Waals surface area contributed by atoms with E-state index in [9.17, 15) is 9.59 Å². The highest BCUT2D eigenvalue weighted by atomic mass is 16.5. The number of aryl methyl sites for hydroxylation is 2. The van der Waals surface area contributed by atoms with E-state index in [1.54, 1.807) is 12.1 Å². The number of rotatable bonds is 5. The highest BCUT2D eigenvalue weighted by Crippen LogP contribution is 2.22. The molecule has 2 aromatic rings. The molecule has 0 spiro atoms. The normalized spacial score (nSPS) is 12.4. The molecule has 27 heavy (non-hydrogen) atoms. The highest BCUT2D eigenvalue weighted by Gasteiger charge is 2.24. The van der Waals surface area contributed by atoms with E-state index in [2.05, 4.69) is 26.1 Å². The van der Waals surface area contributed by atoms with E-state index in [-0.39, 0.29) is 11.3 Å². The summed E-state index contributed by atoms with van der Waals surface area (Å²) in [5.74, 6) is -0.727. The Labute approximate surface area is 161 Å². The number of methoxy groups -OCH3 is 1. The van der Waals surface area contributed by atoms with E-state index in [0.29, 0.717) is 12.0 Å². The van der Waals surface area contributed by atoms with Crippen LogP contribution in [0.15, 0.2) is 42.5 Å². The number of carbonyl (C=O) groups is 2. The summed E-state index contributed by atoms with van der Waals surface area (Å²) in [6.07, 6.45) is 0.400. The summed E-state index contributed by atoms with van der Waals surface area (Å²) in [5, 5.41) is 2.83. The lowest BCUT2D eigenvalue weighted by atomic mass is 9.86. The van der Waals surface area contributed by atoms with Crippen LogP contribution < -0.4 is 5.32 Å². The lowest BCUT2D eigenvalue weighted by Gasteiger charge is -2.20. The Balaban J connectivity index is 2.21. The molecule has 0 heterocycles. The van der Waals surface area contributed by atoms with Crippen molar-refractivity contribution in [1.82, 2.24) is 5.32 Å². The second kappa shape index (κ2) is 8.38. The lowest BCUT2D eigenvalue weighted by molar-refractivity contribution is -0.142. The minimum absolute atomic E-state index is 0.0198. The topological polar surface area (TPSA) is 55.4 Å². The first-order valence-corrected chi connectivity index (χ1v) is 9.18. The summed E-state index contributed by atoms with van der Waals surface area (Å²) in [7, 11) is 1.34. The molecule has 0 saturated carbocycles. The zero-order chi connectivity index (χ0) is 20.2. The Hall–Kier alpha value is -2.62. The molecule has 1 N–H and O–H groups in total. The molecule has 1 atom stereocenters. The number of hydrogen-bond donors (Lipinski definition) is 1. The van der Waals surface area contributed by atoms with Gasteiger partial charge >= 0.3 is 5.97 Å². The van der Waals surface area contributed by atoms with Crippen molar-refractivity contribution in [2.45, 2.75) is 52.5 Å². The molecule has 2 rings (SSSR count). The monoisotopic (exact) mass is 367 g/mol. The van der Waals surface area contributed by atoms with Crippen molar-refractivity contribution in [3.63, 3.8) is 0 Å². The van der Waals surface area contributed by atoms with E-state index in [4.69, 9.17) is 4.74 Å². The van der Waals surface area contributed by atoms with Crippen molar-refractivity contribution >= 4 is 11.9 Å². The van der Waals surface area contributed by atoms with Crippen molar-refractivity contribution in [1.29, 1.82) is 0 Å². The van der Waals surface area contributed by atoms with Gasteiger partial charge < -0.3 is 10.1 Å². The number of amides is 1. The van der Waals surface area contributed by atoms with Crippen LogP contribution in [0.2, 0.25) is 0 Å². The van der Waals surface area contributed by atoms with Gasteiger partial charge in [0.25, 0.3) is 5.91 Å². The Bertz CT molecular complexity index is 796. The standard InChI is InChI=1S/C23H29NO3/c1-15-8-7-9-16(2)19(15)14-20(22(26)27-6)24-21(25)17-10-12-18(13-11-17)23(3,4)5/h7-13,20H,14H2,1-6H3,(H,24,25)/t20-/m1/s1. The van der Waals surface area contributed by atoms with Crippen molar-refractivity contribution in [3.05, 3.63) is 70.3 Å². The zero-order valence-electron chi connectivity index (χ0n) is 17.1. The Kier molecular flexibility index (Phi) is 6.42. The molecule has 2 aromatic carbocycles. The van der Waals surface area contributed by atoms with E-state index in [0.717, 1.165) is 22.3 Å². The Morgan fingerprint density at radius 3 is 2.04 bits per heavy atom. The van der Waals surface area contributed by atoms with Crippen molar-refractivity contribution in [2.75, 3.05) is 7.11 Å². The van der Waals surface area contributed by atoms with Crippen molar-refractivity contribution in [2.24, 2.45) is 0 Å². The Morgan fingerprint density at radius 2 is 1.56 bits per heavy atom. The molecular formula is C23H29NO3. The van der Waals surface area contributed by atoms with Gasteiger partial charge in [0, 0.05) is 12.0 Å². The number of carbonyl (C=O) groups excluding carboxylic acids is 2. The van der Waals surface area contributed by atoms with Gasteiger partial charge in [0.1, 0.15) is 6.04 Å². The molecule has 144 valence electrons. The number of benzene rings is 2. The molecule has 0 fully saturated rings. The largest absolute Gasteiger partial charge is 0.467 e. The summed E-state index contributed by atoms with van der Waals surface area (Å²) >= 11 is 0. The fourth-order valence-corrected chi connectivity index (χ4v) is 3.07. The molecule has 0 aliphatic rings. The first-order valence-electron chi connectivity index (χ1n) is 9.18. The van der Waals surface area contributed by atoms with Crippen LogP contribution >= 0.6 is 0 Å². The van der Waals surface area contributed by atoms with Crippen LogP contribution in [0.5, 0.6) is 0 Å². The second-order valence-electron chi connectivity index (χ2n) is 7.95. The summed E-state index contributed by atoms with van der Waals surface area (Å²) in [5.41, 5.74) is 4.93. The quantitative estimate of drug-likeness (QED) is 0.809. The zero-order valence-corrected chi connectivity index (χ0v) is 17.1. The third-order valence-electron chi connectivity index (χ3n) is 4.86. The fraction of sp³-hybridized carbons (Fsp3) is 0.391. The minimum Gasteiger partial charge on any atom is -0.467 e. The number of nitrogens with one attached hydrogen (secondary N) is 1. The van der Waals surface area contributed by atoms with Gasteiger partial charge in [-0.15, -0.1) is 0 Å². The highest BCUT2D eigenvalue weighted by molar-refractivity contribution is 5.96. The molecule has 0 aliphatic heterocycles. The molecule has 0 bridgehead atoms. The first-order chi connectivity index (χ1) is 12.6. The van der Waals surface area contributed by atoms with E-state index in [1.165, 1.54) is 7.11 Å². The number of esters is 1. The third-order valence-corrected chi connectivity index (χ3v) is 4.86. The summed E-state index contributed by atoms with van der Waals surface area (Å²) in [4.78, 5) is 24.9. The van der Waals surface area contributed by atoms with Crippen molar-refractivity contribution < 1.29 is 14.3 Å². The predicted molar refractivity (Wildman–Crippen MR) is 108 cm³/mol. The molecule has 0 aromatic heterocycles. The van der Waals surface area contributed by atoms with E-state index in [1.807, 2.05) is 44.2 Å². The van der Waals surface area contributed by atoms with Gasteiger partial charge in [-0.25, -0.2) is 4.79 Å². The van der Waals surface area contributed by atoms with Crippen LogP contribution in [-0.2, 0) is 21.4 Å². The summed E-state index contributed by atoms with van der Waals surface area (Å²) < 4.78 is 4.91. The van der Waals surface area contributed by atoms with Gasteiger partial charge in [0.05, 0.1) is 7.11 Å². The van der Waals surface area contributed by atoms with E-state index < -0.39 is 12.0 Å². The van der Waals surface area contributed by atoms with Crippen molar-refractivity contribution in [3.8, 4) is 0 Å². The van der Waals surface area contributed by atoms with Crippen LogP contribution in [0.3, 0.4) is 0 Å². The lowest BCUT2D eigenvalue weighted by Crippen LogP contribution is -2.43. The smallest absolute Gasteiger partial charge is 0.328 e. The average molecular weight is 367 g/mol. The van der Waals surface area contributed by atoms with Gasteiger partial charge in [-0.1, -0.05) is 51.1 Å². The maximum absolute atomic E-state index is 12.7. The molecule has 4 nitrogen and oxygen atoms in total. The molecule has 0 saturated heterocycles. The molecule has 4 heteroatoms. The molecule has 1 amide bonds. The average Bonchev–Trinajstić information content (AvgIpc) is 2.62. The van der Waals surface area contributed by atoms with Gasteiger partial charge in [-0.05, 0) is 53.6 Å². The van der Waals surface area contributed by atoms with Gasteiger partial charge in [0.15, 0.2) is 0 Å². The van der Waals surface area contributed by atoms with Gasteiger partial charge in [0.2, 0.25) is 0 Å². The molecule has 0 unspecified atom stereocenters. The third kappa shape index (κ3) is 5.19. The summed E-state index contributed by atoms with van der Waals surface area (Å²) in [6.45, 7) is 10.4. The SMILES string of the molecule is COC(=O)[C@@H](Cc1c(C)cccc1C)NC(=O)c1ccc(C(C)(C)C)cc1. The van der Waals surface area contributed by atoms with E-state index >= 15 is 0 Å². The fourth-order valence-electron chi connectivity index (χ4n) is 3.07. The molecular weight excluding hydrogens is 338 g/mol. The van der Waals surface area contributed by atoms with Crippen LogP contribution in [0.25, 0.3) is 0 Å². The Morgan fingerprint density at radius 1 is 1.00 bits per heavy atom. The minimum atomic E-state index is -0.732. The van der Waals surface area contributed by atoms with Gasteiger partial charge in [-0.2, -0.15) is 0 Å². The van der Waals surface area contributed by atoms with Gasteiger partial charge in [-0.3, -0.25) is 4.79 Å². The van der Waals surface area contributed by atoms with Crippen LogP contribution in [-0.4, -0.2) is 25.0 Å². The first kappa shape index (κ1) is 20.7.